The number of nitrogens with one attached hydrogen (secondary N) is 1. The minimum absolute atomic E-state index is 0.682. The lowest BCUT2D eigenvalue weighted by Crippen LogP contribution is -2.38. The van der Waals surface area contributed by atoms with E-state index in [2.05, 4.69) is 47.4 Å². The Morgan fingerprint density at radius 3 is 2.85 bits per heavy atom. The molecule has 1 saturated heterocycles. The van der Waals surface area contributed by atoms with Crippen molar-refractivity contribution in [1.82, 2.24) is 5.32 Å². The van der Waals surface area contributed by atoms with Crippen LogP contribution in [0.1, 0.15) is 5.56 Å². The molecule has 1 atom stereocenters. The van der Waals surface area contributed by atoms with E-state index in [1.807, 2.05) is 0 Å². The summed E-state index contributed by atoms with van der Waals surface area (Å²) >= 11 is 2.06. The Morgan fingerprint density at radius 1 is 1.31 bits per heavy atom. The van der Waals surface area contributed by atoms with Crippen LogP contribution in [0.5, 0.6) is 0 Å². The average Bonchev–Trinajstić information content (AvgIpc) is 2.21. The largest absolute Gasteiger partial charge is 0.312 e. The van der Waals surface area contributed by atoms with Gasteiger partial charge in [0.2, 0.25) is 0 Å². The van der Waals surface area contributed by atoms with Gasteiger partial charge in [0.25, 0.3) is 0 Å². The van der Waals surface area contributed by atoms with Gasteiger partial charge in [-0.25, -0.2) is 0 Å². The van der Waals surface area contributed by atoms with E-state index in [1.165, 1.54) is 30.0 Å². The molecule has 0 bridgehead atoms. The molecule has 0 aromatic heterocycles. The van der Waals surface area contributed by atoms with E-state index in [4.69, 9.17) is 0 Å². The van der Waals surface area contributed by atoms with Crippen LogP contribution in [0.4, 0.5) is 0 Å². The third kappa shape index (κ3) is 2.75. The topological polar surface area (TPSA) is 12.0 Å². The van der Waals surface area contributed by atoms with Crippen molar-refractivity contribution in [1.29, 1.82) is 0 Å². The lowest BCUT2D eigenvalue weighted by Gasteiger charge is -2.22. The molecule has 0 amide bonds. The van der Waals surface area contributed by atoms with Crippen LogP contribution in [-0.4, -0.2) is 24.1 Å². The van der Waals surface area contributed by atoms with Crippen molar-refractivity contribution in [3.8, 4) is 0 Å². The highest BCUT2D eigenvalue weighted by Gasteiger charge is 2.12. The zero-order chi connectivity index (χ0) is 8.93. The molecule has 0 aliphatic carbocycles. The number of thioether (sulfide) groups is 1. The van der Waals surface area contributed by atoms with Gasteiger partial charge in [-0.15, -0.1) is 0 Å². The first kappa shape index (κ1) is 9.10. The second-order valence-corrected chi connectivity index (χ2v) is 4.57. The Bertz CT molecular complexity index is 242. The summed E-state index contributed by atoms with van der Waals surface area (Å²) in [4.78, 5) is 0. The maximum absolute atomic E-state index is 3.55. The van der Waals surface area contributed by atoms with Crippen molar-refractivity contribution in [3.63, 3.8) is 0 Å². The van der Waals surface area contributed by atoms with Crippen LogP contribution in [0.15, 0.2) is 30.3 Å². The third-order valence-electron chi connectivity index (χ3n) is 2.32. The molecule has 1 aliphatic heterocycles. The van der Waals surface area contributed by atoms with Gasteiger partial charge < -0.3 is 5.32 Å². The Hall–Kier alpha value is -0.470. The average molecular weight is 193 g/mol. The molecule has 1 aliphatic rings. The molecule has 0 spiro atoms. The molecule has 1 N–H and O–H groups in total. The summed E-state index contributed by atoms with van der Waals surface area (Å²) in [5.41, 5.74) is 1.45. The quantitative estimate of drug-likeness (QED) is 0.770. The fourth-order valence-corrected chi connectivity index (χ4v) is 2.60. The van der Waals surface area contributed by atoms with E-state index >= 15 is 0 Å². The molecule has 2 rings (SSSR count). The van der Waals surface area contributed by atoms with Crippen LogP contribution in [0.2, 0.25) is 0 Å². The van der Waals surface area contributed by atoms with E-state index in [-0.39, 0.29) is 0 Å². The predicted molar refractivity (Wildman–Crippen MR) is 59.3 cm³/mol. The molecule has 0 saturated carbocycles. The summed E-state index contributed by atoms with van der Waals surface area (Å²) in [5, 5.41) is 3.55. The van der Waals surface area contributed by atoms with E-state index < -0.39 is 0 Å². The highest BCUT2D eigenvalue weighted by molar-refractivity contribution is 7.99. The van der Waals surface area contributed by atoms with Crippen molar-refractivity contribution >= 4 is 11.8 Å². The number of hydrogen-bond donors (Lipinski definition) is 1. The standard InChI is InChI=1S/C11H15NS/c1-2-4-10(5-3-1)8-11-9-13-7-6-12-11/h1-5,11-12H,6-9H2. The first-order valence-electron chi connectivity index (χ1n) is 4.80. The normalized spacial score (nSPS) is 22.9. The minimum atomic E-state index is 0.682. The molecule has 1 nitrogen and oxygen atoms in total. The Balaban J connectivity index is 1.90. The predicted octanol–water partition coefficient (Wildman–Crippen LogP) is 1.93. The lowest BCUT2D eigenvalue weighted by molar-refractivity contribution is 0.563. The van der Waals surface area contributed by atoms with Crippen LogP contribution in [0, 0.1) is 0 Å². The summed E-state index contributed by atoms with van der Waals surface area (Å²) in [6.07, 6.45) is 1.17. The van der Waals surface area contributed by atoms with Crippen LogP contribution in [-0.2, 0) is 6.42 Å². The minimum Gasteiger partial charge on any atom is -0.312 e. The van der Waals surface area contributed by atoms with Gasteiger partial charge in [0.1, 0.15) is 0 Å². The zero-order valence-corrected chi connectivity index (χ0v) is 8.52. The van der Waals surface area contributed by atoms with Gasteiger partial charge in [-0.05, 0) is 12.0 Å². The van der Waals surface area contributed by atoms with Crippen LogP contribution in [0.3, 0.4) is 0 Å². The summed E-state index contributed by atoms with van der Waals surface area (Å²) in [6.45, 7) is 1.17. The molecular formula is C11H15NS. The van der Waals surface area contributed by atoms with Crippen molar-refractivity contribution in [2.45, 2.75) is 12.5 Å². The van der Waals surface area contributed by atoms with Gasteiger partial charge in [0.15, 0.2) is 0 Å². The first-order chi connectivity index (χ1) is 6.45. The first-order valence-corrected chi connectivity index (χ1v) is 5.96. The fourth-order valence-electron chi connectivity index (χ4n) is 1.65. The Labute approximate surface area is 83.9 Å². The van der Waals surface area contributed by atoms with Gasteiger partial charge in [0, 0.05) is 24.1 Å². The Morgan fingerprint density at radius 2 is 2.15 bits per heavy atom. The van der Waals surface area contributed by atoms with Gasteiger partial charge >= 0.3 is 0 Å². The highest BCUT2D eigenvalue weighted by atomic mass is 32.2. The zero-order valence-electron chi connectivity index (χ0n) is 7.70. The third-order valence-corrected chi connectivity index (χ3v) is 3.45. The van der Waals surface area contributed by atoms with Crippen LogP contribution in [0.25, 0.3) is 0 Å². The molecule has 13 heavy (non-hydrogen) atoms. The van der Waals surface area contributed by atoms with Crippen molar-refractivity contribution in [3.05, 3.63) is 35.9 Å². The molecular weight excluding hydrogens is 178 g/mol. The van der Waals surface area contributed by atoms with E-state index in [9.17, 15) is 0 Å². The summed E-state index contributed by atoms with van der Waals surface area (Å²) < 4.78 is 0. The molecule has 1 aromatic rings. The Kier molecular flexibility index (Phi) is 3.27. The molecule has 70 valence electrons. The van der Waals surface area contributed by atoms with Gasteiger partial charge in [-0.2, -0.15) is 11.8 Å². The van der Waals surface area contributed by atoms with E-state index in [0.717, 1.165) is 0 Å². The molecule has 2 heteroatoms. The monoisotopic (exact) mass is 193 g/mol. The molecule has 1 aromatic carbocycles. The van der Waals surface area contributed by atoms with Crippen molar-refractivity contribution < 1.29 is 0 Å². The van der Waals surface area contributed by atoms with Crippen molar-refractivity contribution in [2.75, 3.05) is 18.1 Å². The number of rotatable bonds is 2. The SMILES string of the molecule is c1ccc(CC2CSCCN2)cc1. The van der Waals surface area contributed by atoms with Crippen LogP contribution >= 0.6 is 11.8 Å². The number of benzene rings is 1. The summed E-state index contributed by atoms with van der Waals surface area (Å²) in [7, 11) is 0. The van der Waals surface area contributed by atoms with Gasteiger partial charge in [-0.1, -0.05) is 30.3 Å². The van der Waals surface area contributed by atoms with Crippen molar-refractivity contribution in [2.24, 2.45) is 0 Å². The summed E-state index contributed by atoms with van der Waals surface area (Å²) in [6, 6.07) is 11.4. The highest BCUT2D eigenvalue weighted by Crippen LogP contribution is 2.12. The smallest absolute Gasteiger partial charge is 0.0198 e. The lowest BCUT2D eigenvalue weighted by atomic mass is 10.1. The summed E-state index contributed by atoms with van der Waals surface area (Å²) in [5.74, 6) is 2.53. The second-order valence-electron chi connectivity index (χ2n) is 3.42. The molecule has 1 fully saturated rings. The molecule has 1 heterocycles. The molecule has 1 unspecified atom stereocenters. The second kappa shape index (κ2) is 4.68. The van der Waals surface area contributed by atoms with Crippen LogP contribution < -0.4 is 5.32 Å². The van der Waals surface area contributed by atoms with Gasteiger partial charge in [0.05, 0.1) is 0 Å². The molecule has 0 radical (unpaired) electrons. The fraction of sp³-hybridized carbons (Fsp3) is 0.455. The maximum atomic E-state index is 3.55. The van der Waals surface area contributed by atoms with E-state index in [1.54, 1.807) is 0 Å². The van der Waals surface area contributed by atoms with Gasteiger partial charge in [-0.3, -0.25) is 0 Å². The maximum Gasteiger partial charge on any atom is 0.0198 e. The van der Waals surface area contributed by atoms with E-state index in [0.29, 0.717) is 6.04 Å². The number of hydrogen-bond acceptors (Lipinski definition) is 2.